The molecule has 0 saturated heterocycles. The van der Waals surface area contributed by atoms with Crippen molar-refractivity contribution in [2.24, 2.45) is 5.92 Å². The molecule has 0 fully saturated rings. The van der Waals surface area contributed by atoms with Crippen molar-refractivity contribution in [1.82, 2.24) is 14.9 Å². The Morgan fingerprint density at radius 2 is 2.29 bits per heavy atom. The zero-order valence-electron chi connectivity index (χ0n) is 17.3. The average Bonchev–Trinajstić information content (AvgIpc) is 2.99. The number of fused-ring (bicyclic) bond motifs is 3. The van der Waals surface area contributed by atoms with Crippen LogP contribution < -0.4 is 5.56 Å². The maximum Gasteiger partial charge on any atom is 0.259 e. The van der Waals surface area contributed by atoms with Crippen molar-refractivity contribution in [2.45, 2.75) is 65.0 Å². The van der Waals surface area contributed by atoms with Gasteiger partial charge in [-0.2, -0.15) is 0 Å². The van der Waals surface area contributed by atoms with Gasteiger partial charge in [0.05, 0.1) is 18.0 Å². The van der Waals surface area contributed by atoms with E-state index in [2.05, 4.69) is 23.7 Å². The molecular formula is C21H33N3O3S. The molecule has 2 heterocycles. The Kier molecular flexibility index (Phi) is 7.62. The fraction of sp³-hybridized carbons (Fsp3) is 0.714. The Hall–Kier alpha value is -1.28. The predicted molar refractivity (Wildman–Crippen MR) is 114 cm³/mol. The van der Waals surface area contributed by atoms with E-state index < -0.39 is 0 Å². The standard InChI is InChI=1S/C21H33N3O3S/c1-4-6-15(25)12-24(9-5-10-27-3)13-18-22-20(26)19-16-8-7-14(2)11-17(16)28-21(19)23-18/h14-15,25H,4-13H2,1-3H3,(H,22,23,26)/t14-,15-/m1/s1. The number of aliphatic hydroxyl groups is 1. The normalized spacial score (nSPS) is 18.0. The molecule has 156 valence electrons. The Labute approximate surface area is 170 Å². The fourth-order valence-electron chi connectivity index (χ4n) is 4.07. The van der Waals surface area contributed by atoms with E-state index in [1.807, 2.05) is 0 Å². The zero-order chi connectivity index (χ0) is 20.1. The van der Waals surface area contributed by atoms with Crippen molar-refractivity contribution in [2.75, 3.05) is 26.8 Å². The Bertz CT molecular complexity index is 832. The summed E-state index contributed by atoms with van der Waals surface area (Å²) >= 11 is 1.68. The third-order valence-electron chi connectivity index (χ3n) is 5.50. The van der Waals surface area contributed by atoms with Crippen LogP contribution in [0.3, 0.4) is 0 Å². The first kappa shape index (κ1) is 21.4. The van der Waals surface area contributed by atoms with E-state index in [-0.39, 0.29) is 11.7 Å². The molecule has 28 heavy (non-hydrogen) atoms. The topological polar surface area (TPSA) is 78.5 Å². The van der Waals surface area contributed by atoms with Gasteiger partial charge in [0.25, 0.3) is 5.56 Å². The summed E-state index contributed by atoms with van der Waals surface area (Å²) in [6.45, 7) is 6.95. The van der Waals surface area contributed by atoms with E-state index in [0.717, 1.165) is 55.3 Å². The van der Waals surface area contributed by atoms with Crippen molar-refractivity contribution in [3.8, 4) is 0 Å². The summed E-state index contributed by atoms with van der Waals surface area (Å²) in [4.78, 5) is 25.0. The van der Waals surface area contributed by atoms with E-state index in [1.165, 1.54) is 10.4 Å². The number of hydrogen-bond donors (Lipinski definition) is 2. The molecule has 0 amide bonds. The summed E-state index contributed by atoms with van der Waals surface area (Å²) in [5.74, 6) is 1.36. The number of aryl methyl sites for hydroxylation is 1. The summed E-state index contributed by atoms with van der Waals surface area (Å²) in [7, 11) is 1.70. The van der Waals surface area contributed by atoms with E-state index in [4.69, 9.17) is 9.72 Å². The molecule has 6 nitrogen and oxygen atoms in total. The molecule has 2 aromatic rings. The van der Waals surface area contributed by atoms with Gasteiger partial charge in [0.15, 0.2) is 0 Å². The molecule has 3 rings (SSSR count). The monoisotopic (exact) mass is 407 g/mol. The minimum atomic E-state index is -0.362. The lowest BCUT2D eigenvalue weighted by molar-refractivity contribution is 0.0917. The molecule has 0 spiro atoms. The van der Waals surface area contributed by atoms with Crippen molar-refractivity contribution < 1.29 is 9.84 Å². The number of aromatic amines is 1. The largest absolute Gasteiger partial charge is 0.392 e. The first-order valence-corrected chi connectivity index (χ1v) is 11.3. The van der Waals surface area contributed by atoms with Crippen LogP contribution >= 0.6 is 11.3 Å². The van der Waals surface area contributed by atoms with Gasteiger partial charge in [-0.05, 0) is 43.6 Å². The number of ether oxygens (including phenoxy) is 1. The maximum absolute atomic E-state index is 12.8. The summed E-state index contributed by atoms with van der Waals surface area (Å²) in [5, 5.41) is 11.1. The maximum atomic E-state index is 12.8. The second kappa shape index (κ2) is 9.96. The lowest BCUT2D eigenvalue weighted by Gasteiger charge is -2.24. The van der Waals surface area contributed by atoms with Gasteiger partial charge in [-0.3, -0.25) is 9.69 Å². The highest BCUT2D eigenvalue weighted by atomic mass is 32.1. The molecule has 0 radical (unpaired) electrons. The van der Waals surface area contributed by atoms with Gasteiger partial charge in [0, 0.05) is 31.7 Å². The number of hydrogen-bond acceptors (Lipinski definition) is 6. The van der Waals surface area contributed by atoms with E-state index >= 15 is 0 Å². The molecule has 2 N–H and O–H groups in total. The Balaban J connectivity index is 1.81. The van der Waals surface area contributed by atoms with Gasteiger partial charge in [0.2, 0.25) is 0 Å². The molecular weight excluding hydrogens is 374 g/mol. The van der Waals surface area contributed by atoms with E-state index in [0.29, 0.717) is 31.4 Å². The van der Waals surface area contributed by atoms with Gasteiger partial charge in [0.1, 0.15) is 10.7 Å². The molecule has 2 atom stereocenters. The highest BCUT2D eigenvalue weighted by Gasteiger charge is 2.23. The Morgan fingerprint density at radius 3 is 3.04 bits per heavy atom. The van der Waals surface area contributed by atoms with Crippen LogP contribution in [0.1, 0.15) is 55.8 Å². The summed E-state index contributed by atoms with van der Waals surface area (Å²) in [5.41, 5.74) is 1.20. The van der Waals surface area contributed by atoms with E-state index in [1.54, 1.807) is 18.4 Å². The Morgan fingerprint density at radius 1 is 1.46 bits per heavy atom. The average molecular weight is 408 g/mol. The van der Waals surface area contributed by atoms with E-state index in [9.17, 15) is 9.90 Å². The van der Waals surface area contributed by atoms with Crippen LogP contribution in [0.2, 0.25) is 0 Å². The zero-order valence-corrected chi connectivity index (χ0v) is 18.1. The van der Waals surface area contributed by atoms with Crippen LogP contribution in [-0.2, 0) is 24.1 Å². The first-order valence-electron chi connectivity index (χ1n) is 10.4. The van der Waals surface area contributed by atoms with Crippen molar-refractivity contribution >= 4 is 21.6 Å². The molecule has 1 aliphatic carbocycles. The summed E-state index contributed by atoms with van der Waals surface area (Å²) < 4.78 is 5.17. The fourth-order valence-corrected chi connectivity index (χ4v) is 5.47. The second-order valence-electron chi connectivity index (χ2n) is 8.07. The molecule has 7 heteroatoms. The third-order valence-corrected chi connectivity index (χ3v) is 6.65. The first-order chi connectivity index (χ1) is 13.5. The highest BCUT2D eigenvalue weighted by molar-refractivity contribution is 7.18. The van der Waals surface area contributed by atoms with Gasteiger partial charge < -0.3 is 14.8 Å². The van der Waals surface area contributed by atoms with Crippen LogP contribution in [0.5, 0.6) is 0 Å². The molecule has 0 aliphatic heterocycles. The molecule has 0 unspecified atom stereocenters. The number of methoxy groups -OCH3 is 1. The van der Waals surface area contributed by atoms with Crippen LogP contribution in [0.15, 0.2) is 4.79 Å². The molecule has 0 bridgehead atoms. The van der Waals surface area contributed by atoms with Crippen LogP contribution in [-0.4, -0.2) is 52.9 Å². The van der Waals surface area contributed by atoms with Gasteiger partial charge in [-0.1, -0.05) is 20.3 Å². The number of nitrogens with one attached hydrogen (secondary N) is 1. The van der Waals surface area contributed by atoms with Crippen LogP contribution in [0, 0.1) is 5.92 Å². The summed E-state index contributed by atoms with van der Waals surface area (Å²) in [6.07, 6.45) is 5.42. The van der Waals surface area contributed by atoms with Gasteiger partial charge >= 0.3 is 0 Å². The number of thiophene rings is 1. The number of aromatic nitrogens is 2. The minimum Gasteiger partial charge on any atom is -0.392 e. The molecule has 1 aliphatic rings. The number of rotatable bonds is 10. The SMILES string of the molecule is CCC[C@@H](O)CN(CCCOC)Cc1nc2sc3c(c2c(=O)[nH]1)CC[C@@H](C)C3. The van der Waals surface area contributed by atoms with Gasteiger partial charge in [-0.25, -0.2) is 4.98 Å². The third kappa shape index (κ3) is 5.20. The highest BCUT2D eigenvalue weighted by Crippen LogP contribution is 2.35. The number of aliphatic hydroxyl groups excluding tert-OH is 1. The second-order valence-corrected chi connectivity index (χ2v) is 9.15. The molecule has 2 aromatic heterocycles. The van der Waals surface area contributed by atoms with Gasteiger partial charge in [-0.15, -0.1) is 11.3 Å². The van der Waals surface area contributed by atoms with Crippen molar-refractivity contribution in [3.63, 3.8) is 0 Å². The molecule has 0 saturated carbocycles. The summed E-state index contributed by atoms with van der Waals surface area (Å²) in [6, 6.07) is 0. The van der Waals surface area contributed by atoms with Crippen LogP contribution in [0.25, 0.3) is 10.2 Å². The number of H-pyrrole nitrogens is 1. The smallest absolute Gasteiger partial charge is 0.259 e. The van der Waals surface area contributed by atoms with Crippen molar-refractivity contribution in [3.05, 3.63) is 26.6 Å². The molecule has 0 aromatic carbocycles. The number of nitrogens with zero attached hydrogens (tertiary/aromatic N) is 2. The van der Waals surface area contributed by atoms with Crippen LogP contribution in [0.4, 0.5) is 0 Å². The van der Waals surface area contributed by atoms with Crippen molar-refractivity contribution in [1.29, 1.82) is 0 Å². The quantitative estimate of drug-likeness (QED) is 0.592. The lowest BCUT2D eigenvalue weighted by Crippen LogP contribution is -2.34. The predicted octanol–water partition coefficient (Wildman–Crippen LogP) is 3.11. The lowest BCUT2D eigenvalue weighted by atomic mass is 9.89. The minimum absolute atomic E-state index is 0.0157.